The minimum atomic E-state index is 0.340. The molecule has 0 heterocycles. The summed E-state index contributed by atoms with van der Waals surface area (Å²) in [5, 5.41) is 10.2. The number of rotatable bonds is 2. The van der Waals surface area contributed by atoms with E-state index in [9.17, 15) is 0 Å². The summed E-state index contributed by atoms with van der Waals surface area (Å²) in [6.07, 6.45) is 0. The third kappa shape index (κ3) is 2.41. The van der Waals surface area contributed by atoms with Gasteiger partial charge in [0.1, 0.15) is 0 Å². The molecular weight excluding hydrogens is 134 g/mol. The highest BCUT2D eigenvalue weighted by Crippen LogP contribution is 2.09. The Labute approximate surface area is 59.6 Å². The molecule has 0 saturated heterocycles. The lowest BCUT2D eigenvalue weighted by atomic mass is 10.3. The van der Waals surface area contributed by atoms with Crippen LogP contribution >= 0.6 is 12.6 Å². The molecule has 0 unspecified atom stereocenters. The predicted octanol–water partition coefficient (Wildman–Crippen LogP) is 2.22. The molecule has 4 heteroatoms. The van der Waals surface area contributed by atoms with Gasteiger partial charge in [-0.15, -0.1) is 12.6 Å². The molecule has 0 bridgehead atoms. The quantitative estimate of drug-likeness (QED) is 0.301. The van der Waals surface area contributed by atoms with Crippen LogP contribution in [0.1, 0.15) is 13.8 Å². The molecule has 0 aromatic rings. The van der Waals surface area contributed by atoms with Crippen molar-refractivity contribution in [3.63, 3.8) is 0 Å². The second kappa shape index (κ2) is 3.40. The largest absolute Gasteiger partial charge is 0.304 e. The smallest absolute Gasteiger partial charge is 0.0743 e. The first-order valence-corrected chi connectivity index (χ1v) is 2.87. The molecule has 50 valence electrons. The summed E-state index contributed by atoms with van der Waals surface area (Å²) < 4.78 is 0. The fourth-order valence-corrected chi connectivity index (χ4v) is 0.374. The molecule has 0 spiro atoms. The Bertz CT molecular complexity index is 171. The molecule has 3 nitrogen and oxygen atoms in total. The monoisotopic (exact) mass is 143 g/mol. The van der Waals surface area contributed by atoms with E-state index >= 15 is 0 Å². The van der Waals surface area contributed by atoms with Crippen LogP contribution in [0.3, 0.4) is 0 Å². The number of nitrogens with zero attached hydrogens (tertiary/aromatic N) is 1. The van der Waals surface area contributed by atoms with Crippen LogP contribution in [0.25, 0.3) is 0 Å². The molecule has 9 heavy (non-hydrogen) atoms. The minimum Gasteiger partial charge on any atom is -0.304 e. The normalized spacial score (nSPS) is 12.3. The van der Waals surface area contributed by atoms with Crippen LogP contribution in [-0.4, -0.2) is 5.71 Å². The number of allylic oxidation sites excluding steroid dienone is 2. The van der Waals surface area contributed by atoms with Gasteiger partial charge in [0.25, 0.3) is 0 Å². The molecule has 0 atom stereocenters. The van der Waals surface area contributed by atoms with E-state index in [4.69, 9.17) is 10.9 Å². The highest BCUT2D eigenvalue weighted by Gasteiger charge is 1.96. The van der Waals surface area contributed by atoms with Gasteiger partial charge in [0.15, 0.2) is 0 Å². The predicted molar refractivity (Wildman–Crippen MR) is 40.2 cm³/mol. The second-order valence-corrected chi connectivity index (χ2v) is 2.12. The van der Waals surface area contributed by atoms with Gasteiger partial charge in [0.05, 0.1) is 5.70 Å². The first-order valence-electron chi connectivity index (χ1n) is 2.42. The maximum absolute atomic E-state index is 7.06. The van der Waals surface area contributed by atoms with Crippen molar-refractivity contribution < 1.29 is 0 Å². The molecule has 2 N–H and O–H groups in total. The van der Waals surface area contributed by atoms with Gasteiger partial charge in [0.2, 0.25) is 0 Å². The zero-order valence-corrected chi connectivity index (χ0v) is 6.29. The Hall–Kier alpha value is -0.640. The molecule has 0 aromatic carbocycles. The van der Waals surface area contributed by atoms with Gasteiger partial charge in [-0.25, -0.2) is 5.53 Å². The summed E-state index contributed by atoms with van der Waals surface area (Å²) in [4.78, 5) is 0.477. The SMILES string of the molecule is CC(=N)/C(S)=C(\C)N=N. The average molecular weight is 143 g/mol. The van der Waals surface area contributed by atoms with E-state index in [1.54, 1.807) is 13.8 Å². The third-order valence-corrected chi connectivity index (χ3v) is 1.52. The van der Waals surface area contributed by atoms with Gasteiger partial charge in [-0.1, -0.05) is 0 Å². The maximum atomic E-state index is 7.06. The van der Waals surface area contributed by atoms with Gasteiger partial charge in [-0.05, 0) is 13.8 Å². The van der Waals surface area contributed by atoms with E-state index in [0.717, 1.165) is 0 Å². The summed E-state index contributed by atoms with van der Waals surface area (Å²) >= 11 is 3.94. The van der Waals surface area contributed by atoms with Gasteiger partial charge in [-0.2, -0.15) is 5.11 Å². The molecular formula is C5H9N3S. The fraction of sp³-hybridized carbons (Fsp3) is 0.400. The van der Waals surface area contributed by atoms with E-state index in [1.165, 1.54) is 0 Å². The molecule has 0 fully saturated rings. The number of thiol groups is 1. The number of hydrogen-bond acceptors (Lipinski definition) is 4. The molecule has 0 aliphatic rings. The average Bonchev–Trinajstić information content (AvgIpc) is 1.84. The highest BCUT2D eigenvalue weighted by atomic mass is 32.1. The fourth-order valence-electron chi connectivity index (χ4n) is 0.324. The second-order valence-electron chi connectivity index (χ2n) is 1.67. The van der Waals surface area contributed by atoms with E-state index in [0.29, 0.717) is 16.3 Å². The topological polar surface area (TPSA) is 60.1 Å². The molecule has 0 saturated carbocycles. The molecule has 0 aromatic heterocycles. The van der Waals surface area contributed by atoms with E-state index < -0.39 is 0 Å². The molecule has 0 radical (unpaired) electrons. The van der Waals surface area contributed by atoms with Crippen LogP contribution in [-0.2, 0) is 0 Å². The first-order chi connectivity index (χ1) is 4.09. The highest BCUT2D eigenvalue weighted by molar-refractivity contribution is 7.85. The maximum Gasteiger partial charge on any atom is 0.0743 e. The number of hydrogen-bond donors (Lipinski definition) is 3. The van der Waals surface area contributed by atoms with Crippen molar-refractivity contribution in [2.75, 3.05) is 0 Å². The third-order valence-electron chi connectivity index (χ3n) is 0.866. The van der Waals surface area contributed by atoms with E-state index in [-0.39, 0.29) is 0 Å². The van der Waals surface area contributed by atoms with Gasteiger partial charge >= 0.3 is 0 Å². The lowest BCUT2D eigenvalue weighted by Gasteiger charge is -1.95. The van der Waals surface area contributed by atoms with E-state index in [2.05, 4.69) is 17.7 Å². The van der Waals surface area contributed by atoms with Crippen molar-refractivity contribution >= 4 is 18.3 Å². The Balaban J connectivity index is 4.47. The molecule has 0 amide bonds. The lowest BCUT2D eigenvalue weighted by Crippen LogP contribution is -1.89. The van der Waals surface area contributed by atoms with Gasteiger partial charge in [-0.3, -0.25) is 0 Å². The summed E-state index contributed by atoms with van der Waals surface area (Å²) in [5.74, 6) is 0. The van der Waals surface area contributed by atoms with Gasteiger partial charge < -0.3 is 5.41 Å². The Morgan fingerprint density at radius 1 is 1.44 bits per heavy atom. The van der Waals surface area contributed by atoms with Crippen LogP contribution < -0.4 is 0 Å². The van der Waals surface area contributed by atoms with Crippen molar-refractivity contribution in [1.82, 2.24) is 0 Å². The zero-order chi connectivity index (χ0) is 7.44. The van der Waals surface area contributed by atoms with Gasteiger partial charge in [0, 0.05) is 10.6 Å². The summed E-state index contributed by atoms with van der Waals surface area (Å²) in [6, 6.07) is 0. The Morgan fingerprint density at radius 2 is 1.89 bits per heavy atom. The lowest BCUT2D eigenvalue weighted by molar-refractivity contribution is 1.05. The Morgan fingerprint density at radius 3 is 2.00 bits per heavy atom. The van der Waals surface area contributed by atoms with Crippen LogP contribution in [0.15, 0.2) is 15.7 Å². The van der Waals surface area contributed by atoms with Crippen LogP contribution in [0.4, 0.5) is 0 Å². The molecule has 0 aliphatic carbocycles. The van der Waals surface area contributed by atoms with E-state index in [1.807, 2.05) is 0 Å². The summed E-state index contributed by atoms with van der Waals surface area (Å²) in [7, 11) is 0. The van der Waals surface area contributed by atoms with Crippen LogP contribution in [0.5, 0.6) is 0 Å². The Kier molecular flexibility index (Phi) is 3.16. The standard InChI is InChI=1S/C5H9N3S/c1-3(6)5(9)4(2)8-7/h6-7,9H,1-2H3/b5-4-,6-3?,8-7?. The van der Waals surface area contributed by atoms with Crippen molar-refractivity contribution in [2.45, 2.75) is 13.8 Å². The van der Waals surface area contributed by atoms with Crippen molar-refractivity contribution in [3.05, 3.63) is 10.6 Å². The van der Waals surface area contributed by atoms with Crippen molar-refractivity contribution in [1.29, 1.82) is 10.9 Å². The van der Waals surface area contributed by atoms with Crippen LogP contribution in [0, 0.1) is 10.9 Å². The first kappa shape index (κ1) is 8.36. The van der Waals surface area contributed by atoms with Crippen LogP contribution in [0.2, 0.25) is 0 Å². The summed E-state index contributed by atoms with van der Waals surface area (Å²) in [6.45, 7) is 3.25. The number of nitrogens with one attached hydrogen (secondary N) is 2. The molecule has 0 rings (SSSR count). The summed E-state index contributed by atoms with van der Waals surface area (Å²) in [5.41, 5.74) is 7.37. The zero-order valence-electron chi connectivity index (χ0n) is 5.39. The van der Waals surface area contributed by atoms with Crippen molar-refractivity contribution in [3.8, 4) is 0 Å². The van der Waals surface area contributed by atoms with Crippen molar-refractivity contribution in [2.24, 2.45) is 5.11 Å². The minimum absolute atomic E-state index is 0.340. The molecule has 0 aliphatic heterocycles.